The number of carbonyl (C=O) groups is 2. The van der Waals surface area contributed by atoms with Crippen molar-refractivity contribution >= 4 is 19.3 Å². The van der Waals surface area contributed by atoms with Gasteiger partial charge in [-0.1, -0.05) is 12.5 Å². The van der Waals surface area contributed by atoms with Crippen LogP contribution in [0.15, 0.2) is 11.6 Å². The zero-order chi connectivity index (χ0) is 20.8. The van der Waals surface area contributed by atoms with Crippen LogP contribution in [-0.4, -0.2) is 55.9 Å². The van der Waals surface area contributed by atoms with Gasteiger partial charge in [0.2, 0.25) is 0 Å². The Morgan fingerprint density at radius 1 is 1.31 bits per heavy atom. The third-order valence-corrected chi connectivity index (χ3v) is 8.68. The predicted octanol–water partition coefficient (Wildman–Crippen LogP) is 1.84. The topological polar surface area (TPSA) is 93.1 Å². The first-order valence-corrected chi connectivity index (χ1v) is 10.9. The molecule has 0 saturated heterocycles. The molecular weight excluding hydrogens is 371 g/mol. The maximum absolute atomic E-state index is 12.6. The quantitative estimate of drug-likeness (QED) is 0.520. The second-order valence-electron chi connectivity index (χ2n) is 9.79. The van der Waals surface area contributed by atoms with Crippen LogP contribution in [0.3, 0.4) is 0 Å². The van der Waals surface area contributed by atoms with E-state index < -0.39 is 18.1 Å². The smallest absolute Gasteiger partial charge is 0.416 e. The number of carbonyl (C=O) groups excluding carboxylic acids is 2. The summed E-state index contributed by atoms with van der Waals surface area (Å²) in [4.78, 5) is 24.6. The van der Waals surface area contributed by atoms with Gasteiger partial charge in [-0.25, -0.2) is 0 Å². The molecule has 3 saturated carbocycles. The molecule has 7 heteroatoms. The fourth-order valence-electron chi connectivity index (χ4n) is 7.59. The zero-order valence-electron chi connectivity index (χ0n) is 17.4. The molecule has 4 aliphatic carbocycles. The highest BCUT2D eigenvalue weighted by Gasteiger charge is 2.64. The molecule has 0 amide bonds. The van der Waals surface area contributed by atoms with Gasteiger partial charge in [0.25, 0.3) is 0 Å². The molecule has 4 aliphatic rings. The van der Waals surface area contributed by atoms with Crippen molar-refractivity contribution in [1.82, 2.24) is 0 Å². The van der Waals surface area contributed by atoms with E-state index in [4.69, 9.17) is 9.31 Å². The van der Waals surface area contributed by atoms with Crippen LogP contribution in [0, 0.1) is 34.5 Å². The molecule has 1 radical (unpaired) electrons. The molecule has 3 fully saturated rings. The van der Waals surface area contributed by atoms with Crippen LogP contribution in [0.25, 0.3) is 0 Å². The average molecular weight is 403 g/mol. The predicted molar refractivity (Wildman–Crippen MR) is 107 cm³/mol. The first kappa shape index (κ1) is 21.2. The summed E-state index contributed by atoms with van der Waals surface area (Å²) in [7, 11) is 2.81. The Hall–Kier alpha value is -1.02. The van der Waals surface area contributed by atoms with E-state index in [-0.39, 0.29) is 40.7 Å². The van der Waals surface area contributed by atoms with Crippen molar-refractivity contribution in [3.63, 3.8) is 0 Å². The molecule has 6 nitrogen and oxygen atoms in total. The summed E-state index contributed by atoms with van der Waals surface area (Å²) in [6.45, 7) is 2.07. The fraction of sp³-hybridized carbons (Fsp3) is 0.818. The van der Waals surface area contributed by atoms with Gasteiger partial charge < -0.3 is 19.5 Å². The highest BCUT2D eigenvalue weighted by Crippen LogP contribution is 2.66. The van der Waals surface area contributed by atoms with E-state index in [1.807, 2.05) is 6.08 Å². The first-order chi connectivity index (χ1) is 13.9. The van der Waals surface area contributed by atoms with Crippen molar-refractivity contribution in [2.75, 3.05) is 20.3 Å². The summed E-state index contributed by atoms with van der Waals surface area (Å²) >= 11 is 0. The third-order valence-electron chi connectivity index (χ3n) is 8.68. The number of rotatable bonds is 6. The van der Waals surface area contributed by atoms with Crippen LogP contribution in [0.4, 0.5) is 0 Å². The molecule has 7 atom stereocenters. The van der Waals surface area contributed by atoms with Crippen molar-refractivity contribution in [2.45, 2.75) is 58.0 Å². The lowest BCUT2D eigenvalue weighted by Gasteiger charge is -2.60. The van der Waals surface area contributed by atoms with Crippen molar-refractivity contribution in [3.8, 4) is 0 Å². The first-order valence-electron chi connectivity index (χ1n) is 10.9. The second kappa shape index (κ2) is 7.91. The Kier molecular flexibility index (Phi) is 5.79. The molecule has 0 bridgehead atoms. The molecule has 29 heavy (non-hydrogen) atoms. The number of fused-ring (bicyclic) bond motifs is 5. The van der Waals surface area contributed by atoms with Crippen molar-refractivity contribution in [2.24, 2.45) is 34.5 Å². The summed E-state index contributed by atoms with van der Waals surface area (Å²) in [5.74, 6) is 0.409. The number of hydrogen-bond acceptors (Lipinski definition) is 6. The maximum Gasteiger partial charge on any atom is 0.487 e. The van der Waals surface area contributed by atoms with E-state index in [1.54, 1.807) is 0 Å². The Balaban J connectivity index is 1.69. The Morgan fingerprint density at radius 2 is 2.10 bits per heavy atom. The summed E-state index contributed by atoms with van der Waals surface area (Å²) in [6, 6.07) is 0. The third kappa shape index (κ3) is 3.25. The SMILES string of the molecule is CO[B]OC[C@]12C[C@H](O)C3C(CCC4=CC(=O)CC[C@@]43C)C1CC[C@@H]2C(=O)CO. The number of aliphatic hydroxyl groups is 2. The largest absolute Gasteiger partial charge is 0.487 e. The minimum atomic E-state index is -0.559. The van der Waals surface area contributed by atoms with Gasteiger partial charge in [0, 0.05) is 31.5 Å². The maximum atomic E-state index is 12.6. The minimum absolute atomic E-state index is 0.100. The van der Waals surface area contributed by atoms with E-state index in [2.05, 4.69) is 6.92 Å². The number of Topliss-reactive ketones (excluding diaryl/α,β-unsaturated/α-hetero) is 1. The van der Waals surface area contributed by atoms with E-state index in [9.17, 15) is 19.8 Å². The van der Waals surface area contributed by atoms with Gasteiger partial charge in [0.1, 0.15) is 6.61 Å². The monoisotopic (exact) mass is 403 g/mol. The molecular formula is C22H32BO6. The zero-order valence-corrected chi connectivity index (χ0v) is 17.4. The fourth-order valence-corrected chi connectivity index (χ4v) is 7.59. The van der Waals surface area contributed by atoms with Crippen LogP contribution in [0.2, 0.25) is 0 Å². The van der Waals surface area contributed by atoms with Gasteiger partial charge in [0.05, 0.1) is 6.10 Å². The van der Waals surface area contributed by atoms with Gasteiger partial charge in [-0.3, -0.25) is 9.59 Å². The summed E-state index contributed by atoms with van der Waals surface area (Å²) in [5, 5.41) is 21.0. The summed E-state index contributed by atoms with van der Waals surface area (Å²) in [6.07, 6.45) is 6.55. The molecule has 0 aromatic heterocycles. The number of hydrogen-bond donors (Lipinski definition) is 2. The molecule has 2 N–H and O–H groups in total. The van der Waals surface area contributed by atoms with Gasteiger partial charge in [-0.15, -0.1) is 0 Å². The van der Waals surface area contributed by atoms with Gasteiger partial charge >= 0.3 is 7.69 Å². The number of ketones is 2. The van der Waals surface area contributed by atoms with E-state index in [0.29, 0.717) is 19.4 Å². The Morgan fingerprint density at radius 3 is 2.83 bits per heavy atom. The Bertz CT molecular complexity index is 707. The van der Waals surface area contributed by atoms with E-state index >= 15 is 0 Å². The number of aliphatic hydroxyl groups excluding tert-OH is 2. The molecule has 159 valence electrons. The molecule has 0 aromatic carbocycles. The molecule has 3 unspecified atom stereocenters. The second-order valence-corrected chi connectivity index (χ2v) is 9.79. The highest BCUT2D eigenvalue weighted by molar-refractivity contribution is 6.17. The summed E-state index contributed by atoms with van der Waals surface area (Å²) in [5.41, 5.74) is 0.574. The molecule has 4 rings (SSSR count). The van der Waals surface area contributed by atoms with Gasteiger partial charge in [0.15, 0.2) is 11.6 Å². The van der Waals surface area contributed by atoms with Gasteiger partial charge in [-0.05, 0) is 67.8 Å². The summed E-state index contributed by atoms with van der Waals surface area (Å²) < 4.78 is 10.6. The molecule has 0 heterocycles. The molecule has 0 aromatic rings. The van der Waals surface area contributed by atoms with Crippen molar-refractivity contribution in [1.29, 1.82) is 0 Å². The lowest BCUT2D eigenvalue weighted by molar-refractivity contribution is -0.157. The lowest BCUT2D eigenvalue weighted by Crippen LogP contribution is -2.59. The lowest BCUT2D eigenvalue weighted by atomic mass is 9.45. The van der Waals surface area contributed by atoms with Crippen LogP contribution in [0.5, 0.6) is 0 Å². The normalized spacial score (nSPS) is 43.8. The molecule has 0 spiro atoms. The highest BCUT2D eigenvalue weighted by atomic mass is 16.6. The molecule has 0 aliphatic heterocycles. The van der Waals surface area contributed by atoms with Crippen molar-refractivity contribution in [3.05, 3.63) is 11.6 Å². The van der Waals surface area contributed by atoms with Crippen LogP contribution in [-0.2, 0) is 18.9 Å². The van der Waals surface area contributed by atoms with Crippen LogP contribution < -0.4 is 0 Å². The van der Waals surface area contributed by atoms with E-state index in [1.165, 1.54) is 20.4 Å². The van der Waals surface area contributed by atoms with Gasteiger partial charge in [-0.2, -0.15) is 0 Å². The standard InChI is InChI=1S/C22H32BO6/c1-21-8-7-14(25)9-13(21)3-4-15-16-5-6-17(19(27)11-24)22(16,12-29-23-28-2)10-18(26)20(15)21/h9,15-18,20,24,26H,3-8,10-12H2,1-2H3/t15?,16?,17-,18+,20?,21+,22-/m1/s1. The van der Waals surface area contributed by atoms with Crippen molar-refractivity contribution < 1.29 is 29.1 Å². The van der Waals surface area contributed by atoms with Crippen LogP contribution in [0.1, 0.15) is 51.9 Å². The minimum Gasteiger partial charge on any atom is -0.416 e. The van der Waals surface area contributed by atoms with E-state index in [0.717, 1.165) is 32.1 Å². The average Bonchev–Trinajstić information content (AvgIpc) is 3.06. The number of allylic oxidation sites excluding steroid dienone is 1. The Labute approximate surface area is 173 Å². The van der Waals surface area contributed by atoms with Crippen LogP contribution >= 0.6 is 0 Å².